The number of carbonyl (C=O) groups is 1. The van der Waals surface area contributed by atoms with Gasteiger partial charge in [0.15, 0.2) is 0 Å². The summed E-state index contributed by atoms with van der Waals surface area (Å²) in [6.45, 7) is 8.38. The highest BCUT2D eigenvalue weighted by atomic mass is 35.5. The van der Waals surface area contributed by atoms with Gasteiger partial charge in [0.05, 0.1) is 17.3 Å². The van der Waals surface area contributed by atoms with Crippen molar-refractivity contribution < 1.29 is 4.79 Å². The van der Waals surface area contributed by atoms with Gasteiger partial charge in [-0.25, -0.2) is 4.68 Å². The fourth-order valence-corrected chi connectivity index (χ4v) is 1.64. The van der Waals surface area contributed by atoms with E-state index in [2.05, 4.69) is 10.4 Å². The summed E-state index contributed by atoms with van der Waals surface area (Å²) in [5.74, 6) is -0.182. The van der Waals surface area contributed by atoms with Gasteiger partial charge in [-0.1, -0.05) is 11.6 Å². The minimum absolute atomic E-state index is 0.182. The number of amides is 1. The Kier molecular flexibility index (Phi) is 3.39. The first-order valence-electron chi connectivity index (χ1n) is 4.90. The number of carbonyl (C=O) groups excluding carboxylic acids is 1. The maximum absolute atomic E-state index is 11.6. The van der Waals surface area contributed by atoms with Gasteiger partial charge in [-0.15, -0.1) is 0 Å². The molecule has 1 N–H and O–H groups in total. The molecule has 0 saturated heterocycles. The van der Waals surface area contributed by atoms with Crippen LogP contribution < -0.4 is 5.32 Å². The lowest BCUT2D eigenvalue weighted by molar-refractivity contribution is 0.0956. The van der Waals surface area contributed by atoms with Crippen molar-refractivity contribution in [1.29, 1.82) is 0 Å². The molecule has 0 spiro atoms. The Labute approximate surface area is 94.6 Å². The third-order valence-electron chi connectivity index (χ3n) is 1.93. The van der Waals surface area contributed by atoms with Gasteiger partial charge >= 0.3 is 0 Å². The predicted octanol–water partition coefficient (Wildman–Crippen LogP) is 2.04. The lowest BCUT2D eigenvalue weighted by atomic mass is 10.1. The van der Waals surface area contributed by atoms with Crippen LogP contribution in [0.5, 0.6) is 0 Å². The van der Waals surface area contributed by atoms with E-state index in [4.69, 9.17) is 11.6 Å². The maximum Gasteiger partial charge on any atom is 0.256 e. The molecule has 0 aliphatic heterocycles. The molecule has 4 nitrogen and oxygen atoms in total. The first-order valence-corrected chi connectivity index (χ1v) is 5.28. The third kappa shape index (κ3) is 2.50. The van der Waals surface area contributed by atoms with Gasteiger partial charge in [-0.3, -0.25) is 4.79 Å². The summed E-state index contributed by atoms with van der Waals surface area (Å²) in [6.07, 6.45) is 1.50. The zero-order chi connectivity index (χ0) is 11.6. The summed E-state index contributed by atoms with van der Waals surface area (Å²) in [5, 5.41) is 7.19. The topological polar surface area (TPSA) is 46.9 Å². The third-order valence-corrected chi connectivity index (χ3v) is 2.29. The highest BCUT2D eigenvalue weighted by Gasteiger charge is 2.22. The fraction of sp³-hybridized carbons (Fsp3) is 0.600. The molecule has 84 valence electrons. The van der Waals surface area contributed by atoms with Gasteiger partial charge in [0.2, 0.25) is 0 Å². The Morgan fingerprint density at radius 2 is 2.20 bits per heavy atom. The van der Waals surface area contributed by atoms with Crippen LogP contribution in [0.4, 0.5) is 0 Å². The molecule has 0 aliphatic rings. The molecule has 1 aromatic rings. The lowest BCUT2D eigenvalue weighted by Crippen LogP contribution is -2.25. The van der Waals surface area contributed by atoms with Crippen molar-refractivity contribution in [1.82, 2.24) is 15.1 Å². The second-order valence-corrected chi connectivity index (χ2v) is 4.65. The molecule has 15 heavy (non-hydrogen) atoms. The highest BCUT2D eigenvalue weighted by Crippen LogP contribution is 2.23. The van der Waals surface area contributed by atoms with Gasteiger partial charge < -0.3 is 5.32 Å². The molecule has 1 aromatic heterocycles. The summed E-state index contributed by atoms with van der Waals surface area (Å²) >= 11 is 6.08. The second-order valence-electron chi connectivity index (χ2n) is 4.29. The van der Waals surface area contributed by atoms with E-state index in [1.54, 1.807) is 4.68 Å². The smallest absolute Gasteiger partial charge is 0.256 e. The fourth-order valence-electron chi connectivity index (χ4n) is 1.21. The molecule has 0 aromatic carbocycles. The Balaban J connectivity index is 3.04. The Morgan fingerprint density at radius 3 is 2.60 bits per heavy atom. The normalized spacial score (nSPS) is 11.5. The molecule has 0 radical (unpaired) electrons. The number of rotatable bonds is 2. The minimum Gasteiger partial charge on any atom is -0.352 e. The standard InChI is InChI=1S/C10H16ClN3O/c1-5-12-9(15)7-6-13-14(8(7)11)10(2,3)4/h6H,5H2,1-4H3,(H,12,15). The minimum atomic E-state index is -0.220. The van der Waals surface area contributed by atoms with Crippen LogP contribution in [0, 0.1) is 0 Å². The molecule has 5 heteroatoms. The zero-order valence-corrected chi connectivity index (χ0v) is 10.2. The van der Waals surface area contributed by atoms with Crippen molar-refractivity contribution in [3.05, 3.63) is 16.9 Å². The molecular weight excluding hydrogens is 214 g/mol. The average molecular weight is 230 g/mol. The average Bonchev–Trinajstić information content (AvgIpc) is 2.46. The Morgan fingerprint density at radius 1 is 1.60 bits per heavy atom. The molecule has 1 rings (SSSR count). The maximum atomic E-state index is 11.6. The lowest BCUT2D eigenvalue weighted by Gasteiger charge is -2.20. The van der Waals surface area contributed by atoms with E-state index in [1.807, 2.05) is 27.7 Å². The first-order chi connectivity index (χ1) is 6.88. The molecule has 1 amide bonds. The van der Waals surface area contributed by atoms with Crippen LogP contribution in [0.1, 0.15) is 38.1 Å². The summed E-state index contributed by atoms with van der Waals surface area (Å²) in [6, 6.07) is 0. The Bertz CT molecular complexity index is 365. The Hall–Kier alpha value is -1.03. The van der Waals surface area contributed by atoms with Crippen molar-refractivity contribution in [3.8, 4) is 0 Å². The van der Waals surface area contributed by atoms with Crippen LogP contribution in [0.3, 0.4) is 0 Å². The number of halogens is 1. The predicted molar refractivity (Wildman–Crippen MR) is 60.2 cm³/mol. The zero-order valence-electron chi connectivity index (χ0n) is 9.47. The van der Waals surface area contributed by atoms with Crippen LogP contribution in [0.2, 0.25) is 5.15 Å². The van der Waals surface area contributed by atoms with E-state index in [9.17, 15) is 4.79 Å². The molecule has 0 bridgehead atoms. The molecule has 0 unspecified atom stereocenters. The van der Waals surface area contributed by atoms with E-state index >= 15 is 0 Å². The van der Waals surface area contributed by atoms with E-state index in [-0.39, 0.29) is 11.4 Å². The molecule has 1 heterocycles. The number of nitrogens with one attached hydrogen (secondary N) is 1. The van der Waals surface area contributed by atoms with Crippen LogP contribution in [-0.4, -0.2) is 22.2 Å². The van der Waals surface area contributed by atoms with Crippen molar-refractivity contribution >= 4 is 17.5 Å². The van der Waals surface area contributed by atoms with Crippen LogP contribution >= 0.6 is 11.6 Å². The molecule has 0 fully saturated rings. The van der Waals surface area contributed by atoms with Gasteiger partial charge in [0.1, 0.15) is 5.15 Å². The monoisotopic (exact) mass is 229 g/mol. The van der Waals surface area contributed by atoms with Crippen LogP contribution in [0.25, 0.3) is 0 Å². The summed E-state index contributed by atoms with van der Waals surface area (Å²) in [5.41, 5.74) is 0.204. The number of nitrogens with zero attached hydrogens (tertiary/aromatic N) is 2. The van der Waals surface area contributed by atoms with Crippen molar-refractivity contribution in [3.63, 3.8) is 0 Å². The first kappa shape index (κ1) is 12.0. The largest absolute Gasteiger partial charge is 0.352 e. The molecular formula is C10H16ClN3O. The molecule has 0 aliphatic carbocycles. The number of hydrogen-bond donors (Lipinski definition) is 1. The van der Waals surface area contributed by atoms with Crippen LogP contribution in [0.15, 0.2) is 6.20 Å². The number of hydrogen-bond acceptors (Lipinski definition) is 2. The number of aromatic nitrogens is 2. The van der Waals surface area contributed by atoms with E-state index in [1.165, 1.54) is 6.20 Å². The summed E-state index contributed by atoms with van der Waals surface area (Å²) < 4.78 is 1.64. The SMILES string of the molecule is CCNC(=O)c1cnn(C(C)(C)C)c1Cl. The van der Waals surface area contributed by atoms with E-state index in [0.29, 0.717) is 17.3 Å². The second kappa shape index (κ2) is 4.23. The van der Waals surface area contributed by atoms with Gasteiger partial charge in [-0.2, -0.15) is 5.10 Å². The van der Waals surface area contributed by atoms with Crippen molar-refractivity contribution in [2.24, 2.45) is 0 Å². The molecule has 0 atom stereocenters. The van der Waals surface area contributed by atoms with Gasteiger partial charge in [0.25, 0.3) is 5.91 Å². The van der Waals surface area contributed by atoms with Crippen molar-refractivity contribution in [2.75, 3.05) is 6.54 Å². The van der Waals surface area contributed by atoms with Crippen LogP contribution in [-0.2, 0) is 5.54 Å². The highest BCUT2D eigenvalue weighted by molar-refractivity contribution is 6.32. The summed E-state index contributed by atoms with van der Waals surface area (Å²) in [7, 11) is 0. The van der Waals surface area contributed by atoms with Gasteiger partial charge in [-0.05, 0) is 27.7 Å². The quantitative estimate of drug-likeness (QED) is 0.844. The molecule has 0 saturated carbocycles. The van der Waals surface area contributed by atoms with E-state index < -0.39 is 0 Å². The summed E-state index contributed by atoms with van der Waals surface area (Å²) in [4.78, 5) is 11.6. The van der Waals surface area contributed by atoms with Crippen molar-refractivity contribution in [2.45, 2.75) is 33.2 Å². The van der Waals surface area contributed by atoms with E-state index in [0.717, 1.165) is 0 Å². The van der Waals surface area contributed by atoms with Gasteiger partial charge in [0, 0.05) is 6.54 Å².